The first-order chi connectivity index (χ1) is 12.9. The van der Waals surface area contributed by atoms with Crippen LogP contribution in [0.25, 0.3) is 0 Å². The molecule has 1 fully saturated rings. The van der Waals surface area contributed by atoms with Gasteiger partial charge in [-0.25, -0.2) is 0 Å². The van der Waals surface area contributed by atoms with Gasteiger partial charge in [0.05, 0.1) is 6.04 Å². The minimum absolute atomic E-state index is 0.0398. The van der Waals surface area contributed by atoms with Crippen LogP contribution in [0.5, 0.6) is 0 Å². The van der Waals surface area contributed by atoms with Gasteiger partial charge in [0.2, 0.25) is 5.91 Å². The predicted molar refractivity (Wildman–Crippen MR) is 112 cm³/mol. The van der Waals surface area contributed by atoms with Crippen LogP contribution in [-0.2, 0) is 11.3 Å². The van der Waals surface area contributed by atoms with Gasteiger partial charge in [-0.15, -0.1) is 0 Å². The molecule has 1 aliphatic heterocycles. The molecule has 0 radical (unpaired) electrons. The summed E-state index contributed by atoms with van der Waals surface area (Å²) in [6, 6.07) is 14.4. The van der Waals surface area contributed by atoms with Crippen molar-refractivity contribution in [2.24, 2.45) is 5.92 Å². The van der Waals surface area contributed by atoms with Crippen LogP contribution in [0.1, 0.15) is 48.1 Å². The largest absolute Gasteiger partial charge is 0.349 e. The van der Waals surface area contributed by atoms with Crippen molar-refractivity contribution in [1.29, 1.82) is 0 Å². The third-order valence-electron chi connectivity index (χ3n) is 5.70. The zero-order valence-corrected chi connectivity index (χ0v) is 17.2. The number of likely N-dealkylation sites (tertiary alicyclic amines) is 1. The lowest BCUT2D eigenvalue weighted by Gasteiger charge is -2.32. The molecule has 1 N–H and O–H groups in total. The van der Waals surface area contributed by atoms with Crippen molar-refractivity contribution in [1.82, 2.24) is 10.2 Å². The van der Waals surface area contributed by atoms with Gasteiger partial charge < -0.3 is 5.32 Å². The van der Waals surface area contributed by atoms with Crippen molar-refractivity contribution in [3.8, 4) is 0 Å². The number of rotatable bonds is 5. The van der Waals surface area contributed by atoms with Crippen LogP contribution in [0.3, 0.4) is 0 Å². The molecular weight excluding hydrogens is 356 g/mol. The summed E-state index contributed by atoms with van der Waals surface area (Å²) < 4.78 is 0. The lowest BCUT2D eigenvalue weighted by Crippen LogP contribution is -2.40. The van der Waals surface area contributed by atoms with Crippen molar-refractivity contribution in [2.45, 2.75) is 46.2 Å². The number of piperidine rings is 1. The normalized spacial score (nSPS) is 16.9. The molecule has 0 unspecified atom stereocenters. The first-order valence-electron chi connectivity index (χ1n) is 9.77. The van der Waals surface area contributed by atoms with E-state index in [1.807, 2.05) is 18.2 Å². The molecule has 1 saturated heterocycles. The molecule has 144 valence electrons. The van der Waals surface area contributed by atoms with Crippen molar-refractivity contribution in [2.75, 3.05) is 13.1 Å². The maximum atomic E-state index is 12.7. The SMILES string of the molecule is Cc1ccc([C@@H](C)NC(=O)C2CCN(Cc3ccccc3Cl)CC2)cc1C. The number of aryl methyl sites for hydroxylation is 2. The van der Waals surface area contributed by atoms with Crippen LogP contribution in [0.4, 0.5) is 0 Å². The maximum absolute atomic E-state index is 12.7. The molecule has 0 bridgehead atoms. The number of benzene rings is 2. The number of halogens is 1. The number of amides is 1. The van der Waals surface area contributed by atoms with Crippen LogP contribution in [0.15, 0.2) is 42.5 Å². The smallest absolute Gasteiger partial charge is 0.223 e. The monoisotopic (exact) mass is 384 g/mol. The zero-order valence-electron chi connectivity index (χ0n) is 16.5. The Bertz CT molecular complexity index is 797. The summed E-state index contributed by atoms with van der Waals surface area (Å²) in [6.07, 6.45) is 1.80. The van der Waals surface area contributed by atoms with Gasteiger partial charge in [0.15, 0.2) is 0 Å². The van der Waals surface area contributed by atoms with Gasteiger partial charge in [0.1, 0.15) is 0 Å². The highest BCUT2D eigenvalue weighted by Crippen LogP contribution is 2.24. The van der Waals surface area contributed by atoms with Crippen LogP contribution in [0.2, 0.25) is 5.02 Å². The average Bonchev–Trinajstić information content (AvgIpc) is 2.66. The Morgan fingerprint density at radius 2 is 1.85 bits per heavy atom. The highest BCUT2D eigenvalue weighted by Gasteiger charge is 2.26. The number of nitrogens with zero attached hydrogens (tertiary/aromatic N) is 1. The minimum Gasteiger partial charge on any atom is -0.349 e. The molecule has 0 spiro atoms. The molecular formula is C23H29ClN2O. The fraction of sp³-hybridized carbons (Fsp3) is 0.435. The maximum Gasteiger partial charge on any atom is 0.223 e. The van der Waals surface area contributed by atoms with Crippen LogP contribution in [-0.4, -0.2) is 23.9 Å². The fourth-order valence-corrected chi connectivity index (χ4v) is 3.86. The van der Waals surface area contributed by atoms with Crippen molar-refractivity contribution < 1.29 is 4.79 Å². The van der Waals surface area contributed by atoms with Gasteiger partial charge in [-0.05, 0) is 75.0 Å². The van der Waals surface area contributed by atoms with E-state index in [1.54, 1.807) is 0 Å². The summed E-state index contributed by atoms with van der Waals surface area (Å²) in [6.45, 7) is 9.01. The molecule has 0 saturated carbocycles. The van der Waals surface area contributed by atoms with E-state index in [4.69, 9.17) is 11.6 Å². The predicted octanol–water partition coefficient (Wildman–Crippen LogP) is 5.05. The van der Waals surface area contributed by atoms with E-state index in [0.29, 0.717) is 0 Å². The van der Waals surface area contributed by atoms with E-state index in [1.165, 1.54) is 16.7 Å². The molecule has 2 aromatic rings. The number of carbonyl (C=O) groups is 1. The Kier molecular flexibility index (Phi) is 6.56. The molecule has 1 atom stereocenters. The van der Waals surface area contributed by atoms with E-state index >= 15 is 0 Å². The Labute approximate surface area is 167 Å². The Hall–Kier alpha value is -1.84. The first-order valence-corrected chi connectivity index (χ1v) is 10.1. The molecule has 27 heavy (non-hydrogen) atoms. The Morgan fingerprint density at radius 3 is 2.52 bits per heavy atom. The summed E-state index contributed by atoms with van der Waals surface area (Å²) in [4.78, 5) is 15.1. The van der Waals surface area contributed by atoms with Gasteiger partial charge in [0.25, 0.3) is 0 Å². The van der Waals surface area contributed by atoms with E-state index in [0.717, 1.165) is 43.1 Å². The second kappa shape index (κ2) is 8.90. The Morgan fingerprint density at radius 1 is 1.15 bits per heavy atom. The minimum atomic E-state index is 0.0398. The molecule has 3 rings (SSSR count). The molecule has 3 nitrogen and oxygen atoms in total. The van der Waals surface area contributed by atoms with Crippen molar-refractivity contribution in [3.63, 3.8) is 0 Å². The van der Waals surface area contributed by atoms with Crippen molar-refractivity contribution >= 4 is 17.5 Å². The Balaban J connectivity index is 1.51. The lowest BCUT2D eigenvalue weighted by molar-refractivity contribution is -0.127. The third kappa shape index (κ3) is 5.12. The van der Waals surface area contributed by atoms with Gasteiger partial charge in [-0.1, -0.05) is 48.0 Å². The molecule has 2 aromatic carbocycles. The summed E-state index contributed by atoms with van der Waals surface area (Å²) >= 11 is 6.27. The molecule has 1 heterocycles. The average molecular weight is 385 g/mol. The topological polar surface area (TPSA) is 32.3 Å². The summed E-state index contributed by atoms with van der Waals surface area (Å²) in [5.41, 5.74) is 4.87. The standard InChI is InChI=1S/C23H29ClN2O/c1-16-8-9-20(14-17(16)2)18(3)25-23(27)19-10-12-26(13-11-19)15-21-6-4-5-7-22(21)24/h4-9,14,18-19H,10-13,15H2,1-3H3,(H,25,27)/t18-/m1/s1. The van der Waals surface area contributed by atoms with Gasteiger partial charge >= 0.3 is 0 Å². The summed E-state index contributed by atoms with van der Waals surface area (Å²) in [5.74, 6) is 0.277. The first kappa shape index (κ1) is 19.9. The van der Waals surface area contributed by atoms with Gasteiger partial charge in [0, 0.05) is 17.5 Å². The molecule has 1 aliphatic rings. The summed E-state index contributed by atoms with van der Waals surface area (Å²) in [5, 5.41) is 4.03. The summed E-state index contributed by atoms with van der Waals surface area (Å²) in [7, 11) is 0. The number of hydrogen-bond acceptors (Lipinski definition) is 2. The molecule has 1 amide bonds. The second-order valence-corrected chi connectivity index (χ2v) is 8.12. The molecule has 4 heteroatoms. The van der Waals surface area contributed by atoms with Crippen LogP contribution in [0, 0.1) is 19.8 Å². The lowest BCUT2D eigenvalue weighted by atomic mass is 9.94. The second-order valence-electron chi connectivity index (χ2n) is 7.72. The van der Waals surface area contributed by atoms with Gasteiger partial charge in [-0.3, -0.25) is 9.69 Å². The van der Waals surface area contributed by atoms with E-state index in [-0.39, 0.29) is 17.9 Å². The molecule has 0 aromatic heterocycles. The van der Waals surface area contributed by atoms with Crippen LogP contribution >= 0.6 is 11.6 Å². The number of carbonyl (C=O) groups excluding carboxylic acids is 1. The van der Waals surface area contributed by atoms with E-state index in [9.17, 15) is 4.79 Å². The third-order valence-corrected chi connectivity index (χ3v) is 6.07. The number of hydrogen-bond donors (Lipinski definition) is 1. The zero-order chi connectivity index (χ0) is 19.4. The van der Waals surface area contributed by atoms with Crippen molar-refractivity contribution in [3.05, 3.63) is 69.7 Å². The highest BCUT2D eigenvalue weighted by atomic mass is 35.5. The van der Waals surface area contributed by atoms with Crippen LogP contribution < -0.4 is 5.32 Å². The quantitative estimate of drug-likeness (QED) is 0.782. The molecule has 0 aliphatic carbocycles. The van der Waals surface area contributed by atoms with Gasteiger partial charge in [-0.2, -0.15) is 0 Å². The number of nitrogens with one attached hydrogen (secondary N) is 1. The highest BCUT2D eigenvalue weighted by molar-refractivity contribution is 6.31. The van der Waals surface area contributed by atoms with E-state index in [2.05, 4.69) is 55.3 Å². The van der Waals surface area contributed by atoms with E-state index < -0.39 is 0 Å². The fourth-order valence-electron chi connectivity index (χ4n) is 3.67.